The Kier molecular flexibility index (Phi) is 3.48. The highest BCUT2D eigenvalue weighted by molar-refractivity contribution is 5.90. The van der Waals surface area contributed by atoms with Crippen molar-refractivity contribution in [3.63, 3.8) is 0 Å². The third kappa shape index (κ3) is 2.25. The highest BCUT2D eigenvalue weighted by Crippen LogP contribution is 2.36. The summed E-state index contributed by atoms with van der Waals surface area (Å²) in [5.41, 5.74) is 1.95. The third-order valence-corrected chi connectivity index (χ3v) is 5.14. The van der Waals surface area contributed by atoms with Gasteiger partial charge in [0.05, 0.1) is 20.1 Å². The van der Waals surface area contributed by atoms with Crippen molar-refractivity contribution >= 4 is 22.6 Å². The zero-order valence-corrected chi connectivity index (χ0v) is 14.1. The summed E-state index contributed by atoms with van der Waals surface area (Å²) in [4.78, 5) is 18.9. The number of carbonyl (C=O) groups is 1. The summed E-state index contributed by atoms with van der Waals surface area (Å²) in [5.74, 6) is 3.00. The van der Waals surface area contributed by atoms with E-state index in [-0.39, 0.29) is 11.8 Å². The summed E-state index contributed by atoms with van der Waals surface area (Å²) in [6.07, 6.45) is 0. The van der Waals surface area contributed by atoms with Gasteiger partial charge in [0.15, 0.2) is 0 Å². The number of fused-ring (bicyclic) bond motifs is 2. The minimum Gasteiger partial charge on any atom is -0.497 e. The molecule has 2 aliphatic heterocycles. The summed E-state index contributed by atoms with van der Waals surface area (Å²) < 4.78 is 10.9. The van der Waals surface area contributed by atoms with E-state index < -0.39 is 0 Å². The van der Waals surface area contributed by atoms with Crippen molar-refractivity contribution in [3.05, 3.63) is 23.8 Å². The Morgan fingerprint density at radius 1 is 1.21 bits per heavy atom. The first-order valence-electron chi connectivity index (χ1n) is 8.16. The number of methoxy groups -OCH3 is 2. The van der Waals surface area contributed by atoms with Gasteiger partial charge in [-0.3, -0.25) is 4.79 Å². The van der Waals surface area contributed by atoms with Crippen LogP contribution >= 0.6 is 0 Å². The van der Waals surface area contributed by atoms with Gasteiger partial charge in [0, 0.05) is 37.0 Å². The average Bonchev–Trinajstić information content (AvgIpc) is 3.16. The van der Waals surface area contributed by atoms with Gasteiger partial charge in [-0.1, -0.05) is 0 Å². The van der Waals surface area contributed by atoms with Crippen LogP contribution in [0.4, 0.5) is 5.82 Å². The van der Waals surface area contributed by atoms with E-state index in [1.807, 2.05) is 12.1 Å². The van der Waals surface area contributed by atoms with Gasteiger partial charge in [-0.2, -0.15) is 0 Å². The molecule has 0 spiro atoms. The number of ether oxygens (including phenoxy) is 2. The van der Waals surface area contributed by atoms with Crippen molar-refractivity contribution < 1.29 is 14.3 Å². The molecule has 0 saturated carbocycles. The summed E-state index contributed by atoms with van der Waals surface area (Å²) in [5, 5.41) is 3.97. The second-order valence-electron chi connectivity index (χ2n) is 6.54. The number of hydrogen-bond acceptors (Lipinski definition) is 5. The van der Waals surface area contributed by atoms with E-state index >= 15 is 0 Å². The topological polar surface area (TPSA) is 63.7 Å². The van der Waals surface area contributed by atoms with Crippen molar-refractivity contribution in [1.29, 1.82) is 0 Å². The second kappa shape index (κ2) is 5.54. The van der Waals surface area contributed by atoms with E-state index in [1.165, 1.54) is 0 Å². The van der Waals surface area contributed by atoms with Crippen LogP contribution in [0.3, 0.4) is 0 Å². The van der Waals surface area contributed by atoms with E-state index in [9.17, 15) is 4.79 Å². The van der Waals surface area contributed by atoms with Gasteiger partial charge in [0.1, 0.15) is 22.8 Å². The number of aromatic nitrogens is 1. The number of amides is 1. The molecule has 1 aromatic carbocycles. The summed E-state index contributed by atoms with van der Waals surface area (Å²) >= 11 is 0. The Hall–Kier alpha value is -2.50. The fourth-order valence-corrected chi connectivity index (χ4v) is 3.78. The van der Waals surface area contributed by atoms with Crippen LogP contribution in [0.1, 0.15) is 5.56 Å². The zero-order chi connectivity index (χ0) is 16.8. The van der Waals surface area contributed by atoms with Gasteiger partial charge >= 0.3 is 0 Å². The van der Waals surface area contributed by atoms with Gasteiger partial charge < -0.3 is 19.7 Å². The maximum absolute atomic E-state index is 11.9. The van der Waals surface area contributed by atoms with E-state index in [0.29, 0.717) is 11.7 Å². The molecule has 2 aliphatic rings. The zero-order valence-electron chi connectivity index (χ0n) is 14.1. The molecule has 1 aromatic heterocycles. The summed E-state index contributed by atoms with van der Waals surface area (Å²) in [6, 6.07) is 5.92. The molecule has 6 heteroatoms. The van der Waals surface area contributed by atoms with Crippen molar-refractivity contribution in [2.24, 2.45) is 11.8 Å². The standard InChI is InChI=1S/C18H21N3O3/c1-10-4-16(21-8-11-7-19-18(22)14(11)9-21)20-17-13(10)5-12(23-2)6-15(17)24-3/h4-6,11,14H,7-9H2,1-3H3,(H,19,22)/t11-,14+/m0/s1. The summed E-state index contributed by atoms with van der Waals surface area (Å²) in [6.45, 7) is 4.43. The lowest BCUT2D eigenvalue weighted by molar-refractivity contribution is -0.122. The molecule has 0 radical (unpaired) electrons. The first-order valence-corrected chi connectivity index (χ1v) is 8.16. The van der Waals surface area contributed by atoms with Crippen LogP contribution in [0, 0.1) is 18.8 Å². The molecular weight excluding hydrogens is 306 g/mol. The maximum Gasteiger partial charge on any atom is 0.225 e. The Balaban J connectivity index is 1.76. The molecule has 2 saturated heterocycles. The first-order chi connectivity index (χ1) is 11.6. The predicted octanol–water partition coefficient (Wildman–Crippen LogP) is 1.74. The van der Waals surface area contributed by atoms with Crippen LogP contribution in [0.2, 0.25) is 0 Å². The molecule has 24 heavy (non-hydrogen) atoms. The Labute approximate surface area is 140 Å². The maximum atomic E-state index is 11.9. The van der Waals surface area contributed by atoms with Crippen molar-refractivity contribution in [2.75, 3.05) is 38.8 Å². The van der Waals surface area contributed by atoms with Crippen LogP contribution in [0.15, 0.2) is 18.2 Å². The highest BCUT2D eigenvalue weighted by Gasteiger charge is 2.42. The second-order valence-corrected chi connectivity index (χ2v) is 6.54. The molecular formula is C18H21N3O3. The van der Waals surface area contributed by atoms with Crippen molar-refractivity contribution in [1.82, 2.24) is 10.3 Å². The van der Waals surface area contributed by atoms with Crippen LogP contribution in [-0.2, 0) is 4.79 Å². The van der Waals surface area contributed by atoms with E-state index in [4.69, 9.17) is 14.5 Å². The molecule has 0 aliphatic carbocycles. The van der Waals surface area contributed by atoms with E-state index in [0.717, 1.165) is 47.7 Å². The normalized spacial score (nSPS) is 22.6. The number of benzene rings is 1. The lowest BCUT2D eigenvalue weighted by Crippen LogP contribution is -2.29. The van der Waals surface area contributed by atoms with Crippen LogP contribution in [0.25, 0.3) is 10.9 Å². The average molecular weight is 327 g/mol. The quantitative estimate of drug-likeness (QED) is 0.930. The Morgan fingerprint density at radius 3 is 2.75 bits per heavy atom. The van der Waals surface area contributed by atoms with Gasteiger partial charge in [0.25, 0.3) is 0 Å². The molecule has 0 unspecified atom stereocenters. The lowest BCUT2D eigenvalue weighted by Gasteiger charge is -2.20. The van der Waals surface area contributed by atoms with Gasteiger partial charge in [0.2, 0.25) is 5.91 Å². The smallest absolute Gasteiger partial charge is 0.225 e. The monoisotopic (exact) mass is 327 g/mol. The summed E-state index contributed by atoms with van der Waals surface area (Å²) in [7, 11) is 3.29. The molecule has 3 heterocycles. The molecule has 1 amide bonds. The number of anilines is 1. The number of pyridine rings is 1. The minimum absolute atomic E-state index is 0.0839. The van der Waals surface area contributed by atoms with E-state index in [2.05, 4.69) is 23.2 Å². The van der Waals surface area contributed by atoms with Gasteiger partial charge in [-0.25, -0.2) is 4.98 Å². The Morgan fingerprint density at radius 2 is 2.04 bits per heavy atom. The van der Waals surface area contributed by atoms with E-state index in [1.54, 1.807) is 14.2 Å². The fraction of sp³-hybridized carbons (Fsp3) is 0.444. The Bertz CT molecular complexity index is 821. The SMILES string of the molecule is COc1cc(OC)c2nc(N3C[C@@H]4CNC(=O)[C@@H]4C3)cc(C)c2c1. The number of carbonyl (C=O) groups excluding carboxylic acids is 1. The number of rotatable bonds is 3. The number of nitrogens with one attached hydrogen (secondary N) is 1. The molecule has 2 aromatic rings. The first kappa shape index (κ1) is 15.1. The molecule has 4 rings (SSSR count). The third-order valence-electron chi connectivity index (χ3n) is 5.14. The molecule has 126 valence electrons. The van der Waals surface area contributed by atoms with Crippen LogP contribution < -0.4 is 19.7 Å². The van der Waals surface area contributed by atoms with Gasteiger partial charge in [-0.05, 0) is 24.6 Å². The largest absolute Gasteiger partial charge is 0.497 e. The molecule has 0 bridgehead atoms. The van der Waals surface area contributed by atoms with Crippen molar-refractivity contribution in [2.45, 2.75) is 6.92 Å². The molecule has 2 atom stereocenters. The lowest BCUT2D eigenvalue weighted by atomic mass is 10.0. The van der Waals surface area contributed by atoms with Crippen LogP contribution in [0.5, 0.6) is 11.5 Å². The van der Waals surface area contributed by atoms with Gasteiger partial charge in [-0.15, -0.1) is 0 Å². The molecule has 2 fully saturated rings. The molecule has 6 nitrogen and oxygen atoms in total. The minimum atomic E-state index is 0.0839. The van der Waals surface area contributed by atoms with Crippen molar-refractivity contribution in [3.8, 4) is 11.5 Å². The highest BCUT2D eigenvalue weighted by atomic mass is 16.5. The van der Waals surface area contributed by atoms with Crippen LogP contribution in [-0.4, -0.2) is 44.7 Å². The molecule has 1 N–H and O–H groups in total. The number of hydrogen-bond donors (Lipinski definition) is 1. The predicted molar refractivity (Wildman–Crippen MR) is 91.8 cm³/mol. The number of aryl methyl sites for hydroxylation is 1. The fourth-order valence-electron chi connectivity index (χ4n) is 3.78. The number of nitrogens with zero attached hydrogens (tertiary/aromatic N) is 2.